The lowest BCUT2D eigenvalue weighted by Crippen LogP contribution is -2.37. The molecular weight excluding hydrogens is 296 g/mol. The fourth-order valence-electron chi connectivity index (χ4n) is 2.85. The van der Waals surface area contributed by atoms with Gasteiger partial charge < -0.3 is 15.5 Å². The highest BCUT2D eigenvalue weighted by atomic mass is 35.5. The number of aliphatic imine (C=N–C) groups is 1. The van der Waals surface area contributed by atoms with Crippen molar-refractivity contribution in [3.8, 4) is 0 Å². The molecule has 22 heavy (non-hydrogen) atoms. The number of guanidine groups is 1. The Morgan fingerprint density at radius 3 is 2.73 bits per heavy atom. The maximum absolute atomic E-state index is 6.14. The zero-order valence-corrected chi connectivity index (χ0v) is 14.6. The molecule has 0 aromatic heterocycles. The minimum atomic E-state index is 0.602. The molecule has 0 aliphatic carbocycles. The smallest absolute Gasteiger partial charge is 0.191 e. The summed E-state index contributed by atoms with van der Waals surface area (Å²) >= 11 is 6.14. The van der Waals surface area contributed by atoms with Gasteiger partial charge in [-0.05, 0) is 50.8 Å². The third-order valence-corrected chi connectivity index (χ3v) is 4.23. The largest absolute Gasteiger partial charge is 0.371 e. The number of halogens is 1. The second kappa shape index (κ2) is 8.28. The Hall–Kier alpha value is -1.42. The van der Waals surface area contributed by atoms with Gasteiger partial charge in [0.15, 0.2) is 5.96 Å². The van der Waals surface area contributed by atoms with Crippen molar-refractivity contribution in [3.63, 3.8) is 0 Å². The van der Waals surface area contributed by atoms with Crippen molar-refractivity contribution in [2.45, 2.75) is 27.2 Å². The Morgan fingerprint density at radius 1 is 1.32 bits per heavy atom. The van der Waals surface area contributed by atoms with Crippen LogP contribution in [0.2, 0.25) is 5.02 Å². The first-order chi connectivity index (χ1) is 10.6. The summed E-state index contributed by atoms with van der Waals surface area (Å²) in [6, 6.07) is 6.13. The van der Waals surface area contributed by atoms with Crippen LogP contribution in [0.25, 0.3) is 0 Å². The molecule has 1 heterocycles. The molecule has 2 N–H and O–H groups in total. The molecule has 2 rings (SSSR count). The van der Waals surface area contributed by atoms with E-state index in [1.165, 1.54) is 17.7 Å². The van der Waals surface area contributed by atoms with Crippen molar-refractivity contribution in [3.05, 3.63) is 28.8 Å². The van der Waals surface area contributed by atoms with Gasteiger partial charge in [-0.25, -0.2) is 0 Å². The maximum atomic E-state index is 6.14. The number of hydrogen-bond acceptors (Lipinski definition) is 2. The average Bonchev–Trinajstić information content (AvgIpc) is 2.96. The van der Waals surface area contributed by atoms with Gasteiger partial charge in [0.05, 0.1) is 0 Å². The molecular formula is C17H27ClN4. The van der Waals surface area contributed by atoms with Crippen molar-refractivity contribution in [1.29, 1.82) is 0 Å². The molecule has 1 aliphatic rings. The second-order valence-electron chi connectivity index (χ2n) is 5.78. The summed E-state index contributed by atoms with van der Waals surface area (Å²) in [5.41, 5.74) is 2.55. The molecule has 1 saturated heterocycles. The van der Waals surface area contributed by atoms with Gasteiger partial charge in [0.2, 0.25) is 0 Å². The first-order valence-corrected chi connectivity index (χ1v) is 8.55. The number of hydrogen-bond donors (Lipinski definition) is 2. The predicted octanol–water partition coefficient (Wildman–Crippen LogP) is 3.05. The van der Waals surface area contributed by atoms with E-state index in [1.807, 2.05) is 6.07 Å². The van der Waals surface area contributed by atoms with E-state index in [4.69, 9.17) is 16.6 Å². The molecule has 1 fully saturated rings. The van der Waals surface area contributed by atoms with E-state index in [1.54, 1.807) is 0 Å². The van der Waals surface area contributed by atoms with Crippen LogP contribution < -0.4 is 15.5 Å². The van der Waals surface area contributed by atoms with Gasteiger partial charge >= 0.3 is 0 Å². The molecule has 0 bridgehead atoms. The van der Waals surface area contributed by atoms with E-state index in [9.17, 15) is 0 Å². The number of rotatable bonds is 5. The molecule has 1 aromatic carbocycles. The molecule has 1 aromatic rings. The van der Waals surface area contributed by atoms with Gasteiger partial charge in [0.25, 0.3) is 0 Å². The van der Waals surface area contributed by atoms with E-state index in [2.05, 4.69) is 48.4 Å². The van der Waals surface area contributed by atoms with Gasteiger partial charge in [0.1, 0.15) is 0 Å². The number of benzene rings is 1. The summed E-state index contributed by atoms with van der Waals surface area (Å²) in [4.78, 5) is 7.13. The molecule has 4 nitrogen and oxygen atoms in total. The summed E-state index contributed by atoms with van der Waals surface area (Å²) in [5, 5.41) is 7.36. The highest BCUT2D eigenvalue weighted by Gasteiger charge is 2.23. The number of aryl methyl sites for hydroxylation is 1. The summed E-state index contributed by atoms with van der Waals surface area (Å²) in [6.07, 6.45) is 1.18. The van der Waals surface area contributed by atoms with Gasteiger partial charge in [-0.15, -0.1) is 0 Å². The molecule has 5 heteroatoms. The van der Waals surface area contributed by atoms with E-state index in [0.29, 0.717) is 5.92 Å². The molecule has 0 saturated carbocycles. The van der Waals surface area contributed by atoms with Crippen LogP contribution in [0.15, 0.2) is 23.2 Å². The normalized spacial score (nSPS) is 17.5. The third kappa shape index (κ3) is 4.54. The second-order valence-corrected chi connectivity index (χ2v) is 6.22. The van der Waals surface area contributed by atoms with Gasteiger partial charge in [0, 0.05) is 43.4 Å². The Labute approximate surface area is 138 Å². The Morgan fingerprint density at radius 2 is 2.05 bits per heavy atom. The molecule has 122 valence electrons. The zero-order valence-electron chi connectivity index (χ0n) is 13.8. The van der Waals surface area contributed by atoms with Crippen molar-refractivity contribution in [1.82, 2.24) is 10.6 Å². The standard InChI is InChI=1S/C17H27ClN4/c1-4-19-17(20-5-2)21-11-14-8-9-22(12-14)16-10-15(18)7-6-13(16)3/h6-7,10,14H,4-5,8-9,11-12H2,1-3H3,(H2,19,20,21). The van der Waals surface area contributed by atoms with Crippen LogP contribution in [0.1, 0.15) is 25.8 Å². The lowest BCUT2D eigenvalue weighted by molar-refractivity contribution is 0.599. The van der Waals surface area contributed by atoms with Crippen LogP contribution in [0, 0.1) is 12.8 Å². The molecule has 0 radical (unpaired) electrons. The molecule has 0 amide bonds. The van der Waals surface area contributed by atoms with E-state index >= 15 is 0 Å². The SMILES string of the molecule is CCNC(=NCC1CCN(c2cc(Cl)ccc2C)C1)NCC. The average molecular weight is 323 g/mol. The minimum absolute atomic E-state index is 0.602. The van der Waals surface area contributed by atoms with Gasteiger partial charge in [-0.1, -0.05) is 17.7 Å². The molecule has 0 spiro atoms. The van der Waals surface area contributed by atoms with Crippen molar-refractivity contribution in [2.75, 3.05) is 37.6 Å². The van der Waals surface area contributed by atoms with Crippen molar-refractivity contribution in [2.24, 2.45) is 10.9 Å². The lowest BCUT2D eigenvalue weighted by Gasteiger charge is -2.21. The van der Waals surface area contributed by atoms with Crippen LogP contribution in [0.5, 0.6) is 0 Å². The topological polar surface area (TPSA) is 39.7 Å². The van der Waals surface area contributed by atoms with Crippen molar-refractivity contribution >= 4 is 23.2 Å². The summed E-state index contributed by atoms with van der Waals surface area (Å²) in [7, 11) is 0. The lowest BCUT2D eigenvalue weighted by atomic mass is 10.1. The fraction of sp³-hybridized carbons (Fsp3) is 0.588. The molecule has 1 aliphatic heterocycles. The highest BCUT2D eigenvalue weighted by molar-refractivity contribution is 6.30. The van der Waals surface area contributed by atoms with Gasteiger partial charge in [-0.2, -0.15) is 0 Å². The van der Waals surface area contributed by atoms with Crippen LogP contribution in [0.4, 0.5) is 5.69 Å². The molecule has 1 atom stereocenters. The van der Waals surface area contributed by atoms with Crippen LogP contribution >= 0.6 is 11.6 Å². The third-order valence-electron chi connectivity index (χ3n) is 3.99. The van der Waals surface area contributed by atoms with E-state index < -0.39 is 0 Å². The van der Waals surface area contributed by atoms with Crippen LogP contribution in [0.3, 0.4) is 0 Å². The predicted molar refractivity (Wildman–Crippen MR) is 96.2 cm³/mol. The summed E-state index contributed by atoms with van der Waals surface area (Å²) in [5.74, 6) is 1.52. The quantitative estimate of drug-likeness (QED) is 0.646. The Bertz CT molecular complexity index is 507. The first-order valence-electron chi connectivity index (χ1n) is 8.17. The highest BCUT2D eigenvalue weighted by Crippen LogP contribution is 2.29. The van der Waals surface area contributed by atoms with E-state index in [-0.39, 0.29) is 0 Å². The summed E-state index contributed by atoms with van der Waals surface area (Å²) < 4.78 is 0. The fourth-order valence-corrected chi connectivity index (χ4v) is 3.02. The number of nitrogens with one attached hydrogen (secondary N) is 2. The Kier molecular flexibility index (Phi) is 6.37. The number of anilines is 1. The van der Waals surface area contributed by atoms with Crippen molar-refractivity contribution < 1.29 is 0 Å². The maximum Gasteiger partial charge on any atom is 0.191 e. The Balaban J connectivity index is 1.95. The number of nitrogens with zero attached hydrogens (tertiary/aromatic N) is 2. The zero-order chi connectivity index (χ0) is 15.9. The van der Waals surface area contributed by atoms with Crippen LogP contribution in [-0.4, -0.2) is 38.7 Å². The van der Waals surface area contributed by atoms with Gasteiger partial charge in [-0.3, -0.25) is 4.99 Å². The minimum Gasteiger partial charge on any atom is -0.371 e. The first kappa shape index (κ1) is 16.9. The van der Waals surface area contributed by atoms with Crippen LogP contribution in [-0.2, 0) is 0 Å². The van der Waals surface area contributed by atoms with E-state index in [0.717, 1.165) is 43.7 Å². The summed E-state index contributed by atoms with van der Waals surface area (Å²) in [6.45, 7) is 11.1. The molecule has 1 unspecified atom stereocenters. The monoisotopic (exact) mass is 322 g/mol.